The Morgan fingerprint density at radius 1 is 1.24 bits per heavy atom. The molecule has 0 saturated carbocycles. The molecule has 0 aliphatic heterocycles. The Labute approximate surface area is 104 Å². The molecule has 0 bridgehead atoms. The van der Waals surface area contributed by atoms with E-state index in [1.165, 1.54) is 0 Å². The first-order valence-electron chi connectivity index (χ1n) is 5.15. The zero-order valence-corrected chi connectivity index (χ0v) is 10.1. The summed E-state index contributed by atoms with van der Waals surface area (Å²) in [7, 11) is 0. The Morgan fingerprint density at radius 3 is 2.71 bits per heavy atom. The highest BCUT2D eigenvalue weighted by atomic mass is 35.5. The molecule has 4 nitrogen and oxygen atoms in total. The predicted octanol–water partition coefficient (Wildman–Crippen LogP) is 2.69. The molecule has 2 N–H and O–H groups in total. The van der Waals surface area contributed by atoms with Gasteiger partial charge in [0.15, 0.2) is 0 Å². The summed E-state index contributed by atoms with van der Waals surface area (Å²) in [5, 5.41) is 8.46. The highest BCUT2D eigenvalue weighted by molar-refractivity contribution is 6.30. The summed E-state index contributed by atoms with van der Waals surface area (Å²) in [4.78, 5) is 0. The molecule has 0 aliphatic rings. The van der Waals surface area contributed by atoms with Crippen molar-refractivity contribution in [1.29, 1.82) is 0 Å². The minimum absolute atomic E-state index is 0.365. The Hall–Kier alpha value is -1.65. The Balaban J connectivity index is 2.22. The van der Waals surface area contributed by atoms with E-state index in [0.29, 0.717) is 23.2 Å². The maximum atomic E-state index is 5.90. The lowest BCUT2D eigenvalue weighted by atomic mass is 10.2. The van der Waals surface area contributed by atoms with Gasteiger partial charge in [-0.1, -0.05) is 17.7 Å². The number of ether oxygens (including phenoxy) is 1. The molecule has 0 unspecified atom stereocenters. The molecule has 2 rings (SSSR count). The number of nitrogens with two attached hydrogens (primary N) is 1. The Bertz CT molecular complexity index is 514. The van der Waals surface area contributed by atoms with Crippen LogP contribution in [0.1, 0.15) is 11.3 Å². The molecular weight excluding hydrogens is 238 g/mol. The van der Waals surface area contributed by atoms with Gasteiger partial charge in [0.2, 0.25) is 5.88 Å². The second-order valence-corrected chi connectivity index (χ2v) is 4.02. The summed E-state index contributed by atoms with van der Waals surface area (Å²) in [6.07, 6.45) is 0. The number of rotatable bonds is 3. The SMILES string of the molecule is Cc1ccc(Cl)cc1Oc1ccc(CN)nn1. The fraction of sp³-hybridized carbons (Fsp3) is 0.167. The molecule has 0 spiro atoms. The third kappa shape index (κ3) is 2.93. The van der Waals surface area contributed by atoms with E-state index in [-0.39, 0.29) is 0 Å². The summed E-state index contributed by atoms with van der Waals surface area (Å²) in [5.41, 5.74) is 7.14. The van der Waals surface area contributed by atoms with Crippen molar-refractivity contribution in [3.05, 3.63) is 46.6 Å². The van der Waals surface area contributed by atoms with Crippen LogP contribution >= 0.6 is 11.6 Å². The first kappa shape index (κ1) is 11.8. The van der Waals surface area contributed by atoms with Crippen LogP contribution in [0.4, 0.5) is 0 Å². The van der Waals surface area contributed by atoms with Gasteiger partial charge in [-0.15, -0.1) is 5.10 Å². The average Bonchev–Trinajstić information content (AvgIpc) is 2.35. The molecule has 1 heterocycles. The largest absolute Gasteiger partial charge is 0.437 e. The van der Waals surface area contributed by atoms with E-state index < -0.39 is 0 Å². The van der Waals surface area contributed by atoms with Crippen LogP contribution in [0.2, 0.25) is 5.02 Å². The minimum Gasteiger partial charge on any atom is -0.437 e. The molecule has 0 aliphatic carbocycles. The number of halogens is 1. The lowest BCUT2D eigenvalue weighted by Gasteiger charge is -2.07. The molecule has 0 radical (unpaired) electrons. The molecule has 1 aromatic heterocycles. The number of benzene rings is 1. The van der Waals surface area contributed by atoms with Crippen molar-refractivity contribution in [2.75, 3.05) is 0 Å². The van der Waals surface area contributed by atoms with E-state index in [2.05, 4.69) is 10.2 Å². The number of aryl methyl sites for hydroxylation is 1. The second kappa shape index (κ2) is 5.12. The molecule has 5 heteroatoms. The first-order chi connectivity index (χ1) is 8.19. The molecule has 0 fully saturated rings. The van der Waals surface area contributed by atoms with Gasteiger partial charge in [0.1, 0.15) is 5.75 Å². The fourth-order valence-electron chi connectivity index (χ4n) is 1.31. The van der Waals surface area contributed by atoms with Crippen molar-refractivity contribution >= 4 is 11.6 Å². The third-order valence-electron chi connectivity index (χ3n) is 2.27. The monoisotopic (exact) mass is 249 g/mol. The van der Waals surface area contributed by atoms with Crippen LogP contribution in [-0.4, -0.2) is 10.2 Å². The van der Waals surface area contributed by atoms with Gasteiger partial charge in [-0.05, 0) is 30.7 Å². The van der Waals surface area contributed by atoms with E-state index in [1.807, 2.05) is 19.1 Å². The zero-order valence-electron chi connectivity index (χ0n) is 9.35. The molecule has 1 aromatic carbocycles. The molecular formula is C12H12ClN3O. The van der Waals surface area contributed by atoms with Crippen LogP contribution < -0.4 is 10.5 Å². The number of hydrogen-bond acceptors (Lipinski definition) is 4. The highest BCUT2D eigenvalue weighted by Crippen LogP contribution is 2.26. The third-order valence-corrected chi connectivity index (χ3v) is 2.50. The molecule has 17 heavy (non-hydrogen) atoms. The van der Waals surface area contributed by atoms with Crippen LogP contribution in [0.5, 0.6) is 11.6 Å². The van der Waals surface area contributed by atoms with Crippen LogP contribution in [0.15, 0.2) is 30.3 Å². The van der Waals surface area contributed by atoms with Gasteiger partial charge < -0.3 is 10.5 Å². The maximum Gasteiger partial charge on any atom is 0.238 e. The maximum absolute atomic E-state index is 5.90. The van der Waals surface area contributed by atoms with E-state index in [0.717, 1.165) is 11.3 Å². The van der Waals surface area contributed by atoms with Crippen molar-refractivity contribution in [2.24, 2.45) is 5.73 Å². The van der Waals surface area contributed by atoms with Crippen molar-refractivity contribution in [3.8, 4) is 11.6 Å². The van der Waals surface area contributed by atoms with E-state index in [4.69, 9.17) is 22.1 Å². The number of aromatic nitrogens is 2. The van der Waals surface area contributed by atoms with Gasteiger partial charge in [0.05, 0.1) is 5.69 Å². The summed E-state index contributed by atoms with van der Waals surface area (Å²) in [5.74, 6) is 1.10. The summed E-state index contributed by atoms with van der Waals surface area (Å²) in [6, 6.07) is 8.96. The quantitative estimate of drug-likeness (QED) is 0.909. The van der Waals surface area contributed by atoms with Gasteiger partial charge in [-0.2, -0.15) is 5.10 Å². The van der Waals surface area contributed by atoms with Gasteiger partial charge in [-0.25, -0.2) is 0 Å². The summed E-state index contributed by atoms with van der Waals surface area (Å²) < 4.78 is 5.59. The topological polar surface area (TPSA) is 61.0 Å². The predicted molar refractivity (Wildman–Crippen MR) is 66.2 cm³/mol. The number of nitrogens with zero attached hydrogens (tertiary/aromatic N) is 2. The van der Waals surface area contributed by atoms with E-state index in [1.54, 1.807) is 18.2 Å². The average molecular weight is 250 g/mol. The van der Waals surface area contributed by atoms with Gasteiger partial charge >= 0.3 is 0 Å². The van der Waals surface area contributed by atoms with Crippen LogP contribution in [0, 0.1) is 6.92 Å². The first-order valence-corrected chi connectivity index (χ1v) is 5.53. The Kier molecular flexibility index (Phi) is 3.56. The Morgan fingerprint density at radius 2 is 2.06 bits per heavy atom. The molecule has 2 aromatic rings. The van der Waals surface area contributed by atoms with Gasteiger partial charge in [-0.3, -0.25) is 0 Å². The lowest BCUT2D eigenvalue weighted by molar-refractivity contribution is 0.450. The normalized spacial score (nSPS) is 10.3. The molecule has 0 amide bonds. The summed E-state index contributed by atoms with van der Waals surface area (Å²) in [6.45, 7) is 2.30. The van der Waals surface area contributed by atoms with Crippen molar-refractivity contribution < 1.29 is 4.74 Å². The number of hydrogen-bond donors (Lipinski definition) is 1. The lowest BCUT2D eigenvalue weighted by Crippen LogP contribution is -2.01. The van der Waals surface area contributed by atoms with Crippen LogP contribution in [0.25, 0.3) is 0 Å². The zero-order chi connectivity index (χ0) is 12.3. The molecule has 0 saturated heterocycles. The van der Waals surface area contributed by atoms with Crippen LogP contribution in [0.3, 0.4) is 0 Å². The van der Waals surface area contributed by atoms with Gasteiger partial charge in [0.25, 0.3) is 0 Å². The smallest absolute Gasteiger partial charge is 0.238 e. The van der Waals surface area contributed by atoms with E-state index in [9.17, 15) is 0 Å². The van der Waals surface area contributed by atoms with Crippen LogP contribution in [-0.2, 0) is 6.54 Å². The van der Waals surface area contributed by atoms with Gasteiger partial charge in [0, 0.05) is 17.6 Å². The van der Waals surface area contributed by atoms with Crippen molar-refractivity contribution in [2.45, 2.75) is 13.5 Å². The molecule has 88 valence electrons. The van der Waals surface area contributed by atoms with E-state index >= 15 is 0 Å². The fourth-order valence-corrected chi connectivity index (χ4v) is 1.47. The highest BCUT2D eigenvalue weighted by Gasteiger charge is 2.04. The molecule has 0 atom stereocenters. The minimum atomic E-state index is 0.365. The summed E-state index contributed by atoms with van der Waals surface area (Å²) >= 11 is 5.90. The van der Waals surface area contributed by atoms with Crippen molar-refractivity contribution in [3.63, 3.8) is 0 Å². The van der Waals surface area contributed by atoms with Crippen molar-refractivity contribution in [1.82, 2.24) is 10.2 Å². The standard InChI is InChI=1S/C12H12ClN3O/c1-8-2-3-9(13)6-11(8)17-12-5-4-10(7-14)15-16-12/h2-6H,7,14H2,1H3. The second-order valence-electron chi connectivity index (χ2n) is 3.58.